The molecular weight excluding hydrogens is 413 g/mol. The highest BCUT2D eigenvalue weighted by molar-refractivity contribution is 7.89. The van der Waals surface area contributed by atoms with Crippen LogP contribution in [0.15, 0.2) is 35.4 Å². The van der Waals surface area contributed by atoms with E-state index in [-0.39, 0.29) is 23.8 Å². The van der Waals surface area contributed by atoms with E-state index in [2.05, 4.69) is 19.6 Å². The number of anilines is 1. The van der Waals surface area contributed by atoms with Gasteiger partial charge in [0.05, 0.1) is 30.3 Å². The first kappa shape index (κ1) is 20.6. The SMILES string of the molecule is O=C(CCNS(=O)(=O)c1cccc(F)c1)N1Cc2cnc(N3CCOCC3)nc2C1. The minimum absolute atomic E-state index is 0.00765. The normalized spacial score (nSPS) is 16.6. The van der Waals surface area contributed by atoms with E-state index in [1.807, 2.05) is 0 Å². The maximum Gasteiger partial charge on any atom is 0.240 e. The van der Waals surface area contributed by atoms with Crippen molar-refractivity contribution < 1.29 is 22.3 Å². The quantitative estimate of drug-likeness (QED) is 0.711. The fraction of sp³-hybridized carbons (Fsp3) is 0.421. The van der Waals surface area contributed by atoms with E-state index in [1.165, 1.54) is 18.2 Å². The fourth-order valence-electron chi connectivity index (χ4n) is 3.40. The van der Waals surface area contributed by atoms with Crippen LogP contribution in [0.3, 0.4) is 0 Å². The number of sulfonamides is 1. The lowest BCUT2D eigenvalue weighted by Gasteiger charge is -2.26. The Morgan fingerprint density at radius 3 is 2.80 bits per heavy atom. The zero-order chi connectivity index (χ0) is 21.1. The van der Waals surface area contributed by atoms with Gasteiger partial charge in [-0.05, 0) is 18.2 Å². The maximum atomic E-state index is 13.3. The lowest BCUT2D eigenvalue weighted by Crippen LogP contribution is -2.37. The molecule has 0 radical (unpaired) electrons. The molecule has 1 aromatic carbocycles. The molecule has 1 N–H and O–H groups in total. The molecule has 1 fully saturated rings. The number of nitrogens with zero attached hydrogens (tertiary/aromatic N) is 4. The molecule has 1 amide bonds. The number of aromatic nitrogens is 2. The molecule has 0 saturated carbocycles. The minimum Gasteiger partial charge on any atom is -0.378 e. The molecule has 2 aliphatic heterocycles. The van der Waals surface area contributed by atoms with Crippen LogP contribution in [-0.4, -0.2) is 62.0 Å². The monoisotopic (exact) mass is 435 g/mol. The summed E-state index contributed by atoms with van der Waals surface area (Å²) in [7, 11) is -3.87. The first-order valence-corrected chi connectivity index (χ1v) is 11.1. The molecule has 30 heavy (non-hydrogen) atoms. The van der Waals surface area contributed by atoms with Gasteiger partial charge in [0.25, 0.3) is 0 Å². The van der Waals surface area contributed by atoms with E-state index >= 15 is 0 Å². The number of benzene rings is 1. The van der Waals surface area contributed by atoms with Gasteiger partial charge in [0.1, 0.15) is 5.82 Å². The summed E-state index contributed by atoms with van der Waals surface area (Å²) in [6, 6.07) is 4.73. The van der Waals surface area contributed by atoms with Crippen LogP contribution in [-0.2, 0) is 32.6 Å². The van der Waals surface area contributed by atoms with Crippen LogP contribution >= 0.6 is 0 Å². The summed E-state index contributed by atoms with van der Waals surface area (Å²) in [4.78, 5) is 25.0. The van der Waals surface area contributed by atoms with Gasteiger partial charge in [0, 0.05) is 44.4 Å². The lowest BCUT2D eigenvalue weighted by molar-refractivity contribution is -0.131. The molecule has 4 rings (SSSR count). The number of ether oxygens (including phenoxy) is 1. The van der Waals surface area contributed by atoms with Crippen molar-refractivity contribution in [3.8, 4) is 0 Å². The van der Waals surface area contributed by atoms with E-state index in [0.717, 1.165) is 30.4 Å². The van der Waals surface area contributed by atoms with Gasteiger partial charge in [-0.2, -0.15) is 0 Å². The van der Waals surface area contributed by atoms with Crippen LogP contribution in [0.2, 0.25) is 0 Å². The molecule has 0 spiro atoms. The average molecular weight is 435 g/mol. The average Bonchev–Trinajstić information content (AvgIpc) is 3.18. The molecule has 0 bridgehead atoms. The Balaban J connectivity index is 1.32. The van der Waals surface area contributed by atoms with Gasteiger partial charge < -0.3 is 14.5 Å². The van der Waals surface area contributed by atoms with E-state index in [9.17, 15) is 17.6 Å². The van der Waals surface area contributed by atoms with Crippen molar-refractivity contribution in [1.82, 2.24) is 19.6 Å². The van der Waals surface area contributed by atoms with E-state index < -0.39 is 15.8 Å². The molecule has 3 heterocycles. The van der Waals surface area contributed by atoms with Crippen LogP contribution in [0, 0.1) is 5.82 Å². The third-order valence-corrected chi connectivity index (χ3v) is 6.49. The molecule has 11 heteroatoms. The molecule has 160 valence electrons. The summed E-state index contributed by atoms with van der Waals surface area (Å²) in [5.74, 6) is -0.196. The Morgan fingerprint density at radius 2 is 2.03 bits per heavy atom. The predicted octanol–water partition coefficient (Wildman–Crippen LogP) is 0.663. The van der Waals surface area contributed by atoms with Crippen molar-refractivity contribution in [3.05, 3.63) is 47.5 Å². The van der Waals surface area contributed by atoms with Crippen molar-refractivity contribution in [2.24, 2.45) is 0 Å². The van der Waals surface area contributed by atoms with Gasteiger partial charge in [-0.3, -0.25) is 4.79 Å². The second kappa shape index (κ2) is 8.62. The Kier molecular flexibility index (Phi) is 5.93. The van der Waals surface area contributed by atoms with Gasteiger partial charge in [-0.25, -0.2) is 27.5 Å². The zero-order valence-electron chi connectivity index (χ0n) is 16.3. The number of rotatable bonds is 6. The molecule has 2 aromatic rings. The Hall–Kier alpha value is -2.63. The molecule has 0 unspecified atom stereocenters. The van der Waals surface area contributed by atoms with Crippen LogP contribution in [0.4, 0.5) is 10.3 Å². The largest absolute Gasteiger partial charge is 0.378 e. The van der Waals surface area contributed by atoms with Crippen molar-refractivity contribution in [1.29, 1.82) is 0 Å². The summed E-state index contributed by atoms with van der Waals surface area (Å²) in [6.45, 7) is 3.42. The Morgan fingerprint density at radius 1 is 1.23 bits per heavy atom. The highest BCUT2D eigenvalue weighted by Crippen LogP contribution is 2.23. The van der Waals surface area contributed by atoms with Crippen molar-refractivity contribution in [3.63, 3.8) is 0 Å². The molecular formula is C19H22FN5O4S. The van der Waals surface area contributed by atoms with Crippen molar-refractivity contribution in [2.75, 3.05) is 37.7 Å². The number of morpholine rings is 1. The van der Waals surface area contributed by atoms with E-state index in [4.69, 9.17) is 4.74 Å². The number of hydrogen-bond acceptors (Lipinski definition) is 7. The molecule has 1 aromatic heterocycles. The number of fused-ring (bicyclic) bond motifs is 1. The van der Waals surface area contributed by atoms with Crippen LogP contribution in [0.5, 0.6) is 0 Å². The van der Waals surface area contributed by atoms with Crippen molar-refractivity contribution in [2.45, 2.75) is 24.4 Å². The third kappa shape index (κ3) is 4.58. The lowest BCUT2D eigenvalue weighted by atomic mass is 10.3. The zero-order valence-corrected chi connectivity index (χ0v) is 17.1. The first-order valence-electron chi connectivity index (χ1n) is 9.63. The number of carbonyl (C=O) groups excluding carboxylic acids is 1. The van der Waals surface area contributed by atoms with Crippen LogP contribution in [0.1, 0.15) is 17.7 Å². The second-order valence-electron chi connectivity index (χ2n) is 7.10. The van der Waals surface area contributed by atoms with Crippen LogP contribution in [0.25, 0.3) is 0 Å². The molecule has 0 aliphatic carbocycles. The van der Waals surface area contributed by atoms with E-state index in [1.54, 1.807) is 11.1 Å². The maximum absolute atomic E-state index is 13.3. The summed E-state index contributed by atoms with van der Waals surface area (Å²) in [6.07, 6.45) is 1.74. The van der Waals surface area contributed by atoms with Crippen LogP contribution < -0.4 is 9.62 Å². The second-order valence-corrected chi connectivity index (χ2v) is 8.86. The van der Waals surface area contributed by atoms with Gasteiger partial charge in [-0.15, -0.1) is 0 Å². The molecule has 9 nitrogen and oxygen atoms in total. The number of halogens is 1. The van der Waals surface area contributed by atoms with Crippen molar-refractivity contribution >= 4 is 21.9 Å². The summed E-state index contributed by atoms with van der Waals surface area (Å²) < 4.78 is 45.4. The predicted molar refractivity (Wildman–Crippen MR) is 106 cm³/mol. The van der Waals surface area contributed by atoms with Gasteiger partial charge in [-0.1, -0.05) is 6.07 Å². The minimum atomic E-state index is -3.87. The number of carbonyl (C=O) groups is 1. The third-order valence-electron chi connectivity index (χ3n) is 5.03. The summed E-state index contributed by atoms with van der Waals surface area (Å²) in [5.41, 5.74) is 1.70. The number of amides is 1. The number of nitrogens with one attached hydrogen (secondary N) is 1. The molecule has 1 saturated heterocycles. The number of hydrogen-bond donors (Lipinski definition) is 1. The molecule has 2 aliphatic rings. The van der Waals surface area contributed by atoms with Gasteiger partial charge in [0.15, 0.2) is 0 Å². The highest BCUT2D eigenvalue weighted by Gasteiger charge is 2.26. The summed E-state index contributed by atoms with van der Waals surface area (Å²) >= 11 is 0. The summed E-state index contributed by atoms with van der Waals surface area (Å²) in [5, 5.41) is 0. The smallest absolute Gasteiger partial charge is 0.240 e. The Bertz CT molecular complexity index is 1040. The standard InChI is InChI=1S/C19H22FN5O4S/c20-15-2-1-3-16(10-15)30(27,28)22-5-4-18(26)25-12-14-11-21-19(23-17(14)13-25)24-6-8-29-9-7-24/h1-3,10-11,22H,4-9,12-13H2. The Labute approximate surface area is 173 Å². The molecule has 0 atom stereocenters. The topological polar surface area (TPSA) is 105 Å². The van der Waals surface area contributed by atoms with Gasteiger partial charge >= 0.3 is 0 Å². The highest BCUT2D eigenvalue weighted by atomic mass is 32.2. The van der Waals surface area contributed by atoms with Gasteiger partial charge in [0.2, 0.25) is 21.9 Å². The van der Waals surface area contributed by atoms with E-state index in [0.29, 0.717) is 32.3 Å². The first-order chi connectivity index (χ1) is 14.4. The fourth-order valence-corrected chi connectivity index (χ4v) is 4.47.